The van der Waals surface area contributed by atoms with Crippen LogP contribution in [0.4, 0.5) is 10.6 Å². The number of rotatable bonds is 0. The largest absolute Gasteiger partial charge is 0.443 e. The van der Waals surface area contributed by atoms with Crippen molar-refractivity contribution in [3.63, 3.8) is 0 Å². The van der Waals surface area contributed by atoms with Crippen molar-refractivity contribution in [3.05, 3.63) is 22.8 Å². The fraction of sp³-hybridized carbons (Fsp3) is 0.600. The minimum Gasteiger partial charge on any atom is -0.443 e. The van der Waals surface area contributed by atoms with Crippen LogP contribution >= 0.6 is 11.6 Å². The van der Waals surface area contributed by atoms with Crippen LogP contribution in [0, 0.1) is 5.41 Å². The van der Waals surface area contributed by atoms with E-state index < -0.39 is 5.60 Å². The molecule has 1 aliphatic rings. The van der Waals surface area contributed by atoms with E-state index in [1.54, 1.807) is 11.0 Å². The second kappa shape index (κ2) is 4.92. The number of carbonyl (C=O) groups excluding carboxylic acids is 1. The average molecular weight is 297 g/mol. The topological polar surface area (TPSA) is 42.4 Å². The van der Waals surface area contributed by atoms with Crippen molar-refractivity contribution in [2.24, 2.45) is 5.41 Å². The fourth-order valence-electron chi connectivity index (χ4n) is 2.37. The van der Waals surface area contributed by atoms with Crippen LogP contribution in [0.3, 0.4) is 0 Å². The lowest BCUT2D eigenvalue weighted by Crippen LogP contribution is -2.46. The van der Waals surface area contributed by atoms with Gasteiger partial charge in [0.1, 0.15) is 16.6 Å². The predicted octanol–water partition coefficient (Wildman–Crippen LogP) is 4.06. The Balaban J connectivity index is 2.38. The van der Waals surface area contributed by atoms with E-state index in [9.17, 15) is 4.79 Å². The predicted molar refractivity (Wildman–Crippen MR) is 80.3 cm³/mol. The van der Waals surface area contributed by atoms with Crippen molar-refractivity contribution in [2.45, 2.75) is 46.6 Å². The lowest BCUT2D eigenvalue weighted by atomic mass is 9.82. The van der Waals surface area contributed by atoms with Crippen molar-refractivity contribution < 1.29 is 9.53 Å². The number of pyridine rings is 1. The highest BCUT2D eigenvalue weighted by Crippen LogP contribution is 2.36. The third-order valence-electron chi connectivity index (χ3n) is 3.05. The number of carbonyl (C=O) groups is 1. The zero-order valence-corrected chi connectivity index (χ0v) is 13.4. The van der Waals surface area contributed by atoms with Gasteiger partial charge in [0.25, 0.3) is 0 Å². The van der Waals surface area contributed by atoms with Gasteiger partial charge in [0.2, 0.25) is 0 Å². The minimum atomic E-state index is -0.530. The summed E-state index contributed by atoms with van der Waals surface area (Å²) < 4.78 is 5.47. The smallest absolute Gasteiger partial charge is 0.416 e. The summed E-state index contributed by atoms with van der Waals surface area (Å²) in [5, 5.41) is 0.386. The van der Waals surface area contributed by atoms with Crippen molar-refractivity contribution in [2.75, 3.05) is 11.4 Å². The first-order valence-electron chi connectivity index (χ1n) is 6.73. The number of anilines is 1. The summed E-state index contributed by atoms with van der Waals surface area (Å²) >= 11 is 5.96. The van der Waals surface area contributed by atoms with E-state index in [4.69, 9.17) is 16.3 Å². The van der Waals surface area contributed by atoms with Crippen LogP contribution in [0.5, 0.6) is 0 Å². The van der Waals surface area contributed by atoms with Crippen LogP contribution in [-0.4, -0.2) is 23.2 Å². The SMILES string of the molecule is CC1(C)Cc2ccc(Cl)nc2N(C(=O)OC(C)(C)C)C1. The van der Waals surface area contributed by atoms with Gasteiger partial charge in [-0.05, 0) is 44.2 Å². The number of ether oxygens (including phenoxy) is 1. The molecule has 0 saturated carbocycles. The number of aromatic nitrogens is 1. The summed E-state index contributed by atoms with van der Waals surface area (Å²) in [4.78, 5) is 18.3. The van der Waals surface area contributed by atoms with Crippen LogP contribution in [0.15, 0.2) is 12.1 Å². The standard InChI is InChI=1S/C15H21ClN2O2/c1-14(2,3)20-13(19)18-9-15(4,5)8-10-6-7-11(16)17-12(10)18/h6-7H,8-9H2,1-5H3. The second-order valence-electron chi connectivity index (χ2n) is 7.02. The van der Waals surface area contributed by atoms with Crippen molar-refractivity contribution in [1.29, 1.82) is 0 Å². The maximum Gasteiger partial charge on any atom is 0.416 e. The molecule has 1 aliphatic heterocycles. The Morgan fingerprint density at radius 3 is 2.65 bits per heavy atom. The van der Waals surface area contributed by atoms with Gasteiger partial charge in [0, 0.05) is 6.54 Å². The maximum atomic E-state index is 12.4. The van der Waals surface area contributed by atoms with Gasteiger partial charge in [0.15, 0.2) is 0 Å². The number of hydrogen-bond acceptors (Lipinski definition) is 3. The van der Waals surface area contributed by atoms with Crippen LogP contribution in [0.2, 0.25) is 5.15 Å². The molecule has 0 bridgehead atoms. The van der Waals surface area contributed by atoms with E-state index >= 15 is 0 Å². The summed E-state index contributed by atoms with van der Waals surface area (Å²) in [6.45, 7) is 10.4. The van der Waals surface area contributed by atoms with Crippen LogP contribution in [0.1, 0.15) is 40.2 Å². The van der Waals surface area contributed by atoms with E-state index in [0.717, 1.165) is 12.0 Å². The molecule has 0 fully saturated rings. The Bertz CT molecular complexity index is 535. The molecule has 0 aliphatic carbocycles. The molecule has 2 rings (SSSR count). The molecule has 110 valence electrons. The Morgan fingerprint density at radius 2 is 2.05 bits per heavy atom. The second-order valence-corrected chi connectivity index (χ2v) is 7.41. The van der Waals surface area contributed by atoms with E-state index in [0.29, 0.717) is 17.5 Å². The zero-order valence-electron chi connectivity index (χ0n) is 12.7. The van der Waals surface area contributed by atoms with Crippen molar-refractivity contribution in [3.8, 4) is 0 Å². The van der Waals surface area contributed by atoms with Crippen LogP contribution < -0.4 is 4.90 Å². The Hall–Kier alpha value is -1.29. The Labute approximate surface area is 125 Å². The third-order valence-corrected chi connectivity index (χ3v) is 3.26. The zero-order chi connectivity index (χ0) is 15.1. The van der Waals surface area contributed by atoms with Gasteiger partial charge >= 0.3 is 6.09 Å². The normalized spacial score (nSPS) is 17.6. The molecule has 20 heavy (non-hydrogen) atoms. The van der Waals surface area contributed by atoms with Gasteiger partial charge < -0.3 is 4.74 Å². The van der Waals surface area contributed by atoms with Crippen LogP contribution in [0.25, 0.3) is 0 Å². The third kappa shape index (κ3) is 3.42. The average Bonchev–Trinajstić information content (AvgIpc) is 2.25. The number of amides is 1. The first kappa shape index (κ1) is 15.1. The summed E-state index contributed by atoms with van der Waals surface area (Å²) in [7, 11) is 0. The maximum absolute atomic E-state index is 12.4. The highest BCUT2D eigenvalue weighted by atomic mass is 35.5. The van der Waals surface area contributed by atoms with E-state index in [2.05, 4.69) is 18.8 Å². The van der Waals surface area contributed by atoms with Gasteiger partial charge in [-0.15, -0.1) is 0 Å². The molecule has 0 N–H and O–H groups in total. The summed E-state index contributed by atoms with van der Waals surface area (Å²) in [5.74, 6) is 0.617. The first-order valence-corrected chi connectivity index (χ1v) is 7.11. The van der Waals surface area contributed by atoms with E-state index in [1.165, 1.54) is 0 Å². The van der Waals surface area contributed by atoms with Gasteiger partial charge in [-0.25, -0.2) is 9.78 Å². The highest BCUT2D eigenvalue weighted by molar-refractivity contribution is 6.29. The van der Waals surface area contributed by atoms with E-state index in [-0.39, 0.29) is 11.5 Å². The molecule has 0 unspecified atom stereocenters. The number of hydrogen-bond donors (Lipinski definition) is 0. The molecule has 1 aromatic heterocycles. The van der Waals surface area contributed by atoms with Gasteiger partial charge in [-0.2, -0.15) is 0 Å². The molecule has 4 nitrogen and oxygen atoms in total. The summed E-state index contributed by atoms with van der Waals surface area (Å²) in [5.41, 5.74) is 0.480. The molecule has 1 aromatic rings. The van der Waals surface area contributed by atoms with Crippen molar-refractivity contribution in [1.82, 2.24) is 4.98 Å². The quantitative estimate of drug-likeness (QED) is 0.678. The fourth-order valence-corrected chi connectivity index (χ4v) is 2.51. The Morgan fingerprint density at radius 1 is 1.40 bits per heavy atom. The van der Waals surface area contributed by atoms with E-state index in [1.807, 2.05) is 26.8 Å². The first-order chi connectivity index (χ1) is 9.07. The molecule has 5 heteroatoms. The van der Waals surface area contributed by atoms with Gasteiger partial charge in [-0.1, -0.05) is 31.5 Å². The molecule has 1 amide bonds. The lowest BCUT2D eigenvalue weighted by Gasteiger charge is -2.38. The summed E-state index contributed by atoms with van der Waals surface area (Å²) in [6.07, 6.45) is 0.493. The minimum absolute atomic E-state index is 0.0145. The molecular formula is C15H21ClN2O2. The lowest BCUT2D eigenvalue weighted by molar-refractivity contribution is 0.0559. The number of halogens is 1. The molecule has 0 aromatic carbocycles. The van der Waals surface area contributed by atoms with Gasteiger partial charge in [-0.3, -0.25) is 4.90 Å². The molecule has 0 spiro atoms. The summed E-state index contributed by atoms with van der Waals surface area (Å²) in [6, 6.07) is 3.69. The van der Waals surface area contributed by atoms with Crippen LogP contribution in [-0.2, 0) is 11.2 Å². The number of fused-ring (bicyclic) bond motifs is 1. The molecular weight excluding hydrogens is 276 g/mol. The molecule has 0 radical (unpaired) electrons. The Kier molecular flexibility index (Phi) is 3.71. The van der Waals surface area contributed by atoms with Gasteiger partial charge in [0.05, 0.1) is 0 Å². The highest BCUT2D eigenvalue weighted by Gasteiger charge is 2.36. The van der Waals surface area contributed by atoms with Crippen molar-refractivity contribution >= 4 is 23.5 Å². The number of nitrogens with zero attached hydrogens (tertiary/aromatic N) is 2. The molecule has 0 atom stereocenters. The monoisotopic (exact) mass is 296 g/mol. The molecule has 0 saturated heterocycles. The molecule has 2 heterocycles.